The van der Waals surface area contributed by atoms with E-state index in [1.807, 2.05) is 12.4 Å². The quantitative estimate of drug-likeness (QED) is 0.939. The maximum atomic E-state index is 4.38. The topological polar surface area (TPSA) is 37.8 Å². The van der Waals surface area contributed by atoms with E-state index in [9.17, 15) is 0 Å². The van der Waals surface area contributed by atoms with E-state index in [4.69, 9.17) is 0 Å². The number of halogens is 1. The van der Waals surface area contributed by atoms with Crippen molar-refractivity contribution in [3.05, 3.63) is 44.6 Å². The predicted octanol–water partition coefficient (Wildman–Crippen LogP) is 3.46. The predicted molar refractivity (Wildman–Crippen MR) is 74.0 cm³/mol. The SMILES string of the molecule is Cc1cnc(C(C)NCc2cncc(Br)c2)s1. The Hall–Kier alpha value is -0.780. The van der Waals surface area contributed by atoms with Crippen molar-refractivity contribution >= 4 is 27.3 Å². The normalized spacial score (nSPS) is 12.6. The van der Waals surface area contributed by atoms with Crippen LogP contribution in [0.15, 0.2) is 29.1 Å². The van der Waals surface area contributed by atoms with Crippen molar-refractivity contribution in [1.29, 1.82) is 0 Å². The molecule has 90 valence electrons. The minimum absolute atomic E-state index is 0.271. The number of hydrogen-bond acceptors (Lipinski definition) is 4. The molecule has 0 aliphatic rings. The maximum absolute atomic E-state index is 4.38. The van der Waals surface area contributed by atoms with Crippen LogP contribution in [0.5, 0.6) is 0 Å². The third kappa shape index (κ3) is 3.59. The summed E-state index contributed by atoms with van der Waals surface area (Å²) >= 11 is 5.15. The third-order valence-electron chi connectivity index (χ3n) is 2.38. The minimum atomic E-state index is 0.271. The van der Waals surface area contributed by atoms with Crippen molar-refractivity contribution in [3.63, 3.8) is 0 Å². The summed E-state index contributed by atoms with van der Waals surface area (Å²) in [6, 6.07) is 2.34. The van der Waals surface area contributed by atoms with Crippen LogP contribution in [0.3, 0.4) is 0 Å². The Morgan fingerprint density at radius 3 is 2.88 bits per heavy atom. The van der Waals surface area contributed by atoms with Crippen LogP contribution in [-0.2, 0) is 6.54 Å². The fraction of sp³-hybridized carbons (Fsp3) is 0.333. The van der Waals surface area contributed by atoms with Crippen LogP contribution < -0.4 is 5.32 Å². The standard InChI is InChI=1S/C12H14BrN3S/c1-8-4-16-12(17-8)9(2)15-6-10-3-11(13)7-14-5-10/h3-5,7,9,15H,6H2,1-2H3. The van der Waals surface area contributed by atoms with E-state index in [0.717, 1.165) is 16.0 Å². The molecule has 0 bridgehead atoms. The van der Waals surface area contributed by atoms with Gasteiger partial charge in [0, 0.05) is 34.5 Å². The van der Waals surface area contributed by atoms with Crippen LogP contribution in [0.4, 0.5) is 0 Å². The van der Waals surface area contributed by atoms with Gasteiger partial charge >= 0.3 is 0 Å². The average Bonchev–Trinajstić information content (AvgIpc) is 2.73. The van der Waals surface area contributed by atoms with Gasteiger partial charge in [-0.2, -0.15) is 0 Å². The lowest BCUT2D eigenvalue weighted by atomic mass is 10.2. The Balaban J connectivity index is 1.94. The molecule has 0 saturated heterocycles. The number of hydrogen-bond donors (Lipinski definition) is 1. The monoisotopic (exact) mass is 311 g/mol. The van der Waals surface area contributed by atoms with E-state index in [-0.39, 0.29) is 6.04 Å². The van der Waals surface area contributed by atoms with E-state index in [1.54, 1.807) is 17.5 Å². The summed E-state index contributed by atoms with van der Waals surface area (Å²) in [5.41, 5.74) is 1.17. The van der Waals surface area contributed by atoms with Gasteiger partial charge in [-0.3, -0.25) is 4.98 Å². The molecule has 1 atom stereocenters. The molecule has 5 heteroatoms. The van der Waals surface area contributed by atoms with Crippen LogP contribution in [0.2, 0.25) is 0 Å². The largest absolute Gasteiger partial charge is 0.304 e. The Morgan fingerprint density at radius 1 is 1.41 bits per heavy atom. The number of nitrogens with one attached hydrogen (secondary N) is 1. The van der Waals surface area contributed by atoms with Crippen LogP contribution in [-0.4, -0.2) is 9.97 Å². The molecule has 2 aromatic rings. The van der Waals surface area contributed by atoms with E-state index in [2.05, 4.69) is 51.1 Å². The number of thiazole rings is 1. The molecule has 2 rings (SSSR count). The molecular formula is C12H14BrN3S. The lowest BCUT2D eigenvalue weighted by molar-refractivity contribution is 0.571. The van der Waals surface area contributed by atoms with E-state index in [0.29, 0.717) is 0 Å². The molecule has 0 spiro atoms. The van der Waals surface area contributed by atoms with Gasteiger partial charge in [-0.1, -0.05) is 0 Å². The smallest absolute Gasteiger partial charge is 0.109 e. The number of aryl methyl sites for hydroxylation is 1. The molecule has 0 saturated carbocycles. The summed E-state index contributed by atoms with van der Waals surface area (Å²) in [5, 5.41) is 4.57. The Morgan fingerprint density at radius 2 is 2.24 bits per heavy atom. The van der Waals surface area contributed by atoms with Gasteiger partial charge in [-0.05, 0) is 41.4 Å². The van der Waals surface area contributed by atoms with Crippen LogP contribution in [0.25, 0.3) is 0 Å². The summed E-state index contributed by atoms with van der Waals surface area (Å²) in [6.07, 6.45) is 5.58. The second kappa shape index (κ2) is 5.71. The Bertz CT molecular complexity index is 498. The molecule has 0 aromatic carbocycles. The zero-order valence-corrected chi connectivity index (χ0v) is 12.2. The van der Waals surface area contributed by atoms with Gasteiger partial charge in [0.1, 0.15) is 5.01 Å². The first-order valence-electron chi connectivity index (χ1n) is 5.40. The van der Waals surface area contributed by atoms with Crippen molar-refractivity contribution in [2.24, 2.45) is 0 Å². The van der Waals surface area contributed by atoms with E-state index in [1.165, 1.54) is 10.4 Å². The molecule has 1 unspecified atom stereocenters. The minimum Gasteiger partial charge on any atom is -0.304 e. The zero-order chi connectivity index (χ0) is 12.3. The molecule has 3 nitrogen and oxygen atoms in total. The summed E-state index contributed by atoms with van der Waals surface area (Å²) in [5.74, 6) is 0. The van der Waals surface area contributed by atoms with Crippen LogP contribution in [0.1, 0.15) is 28.4 Å². The molecule has 0 aliphatic carbocycles. The molecule has 1 N–H and O–H groups in total. The van der Waals surface area contributed by atoms with Crippen LogP contribution >= 0.6 is 27.3 Å². The van der Waals surface area contributed by atoms with Crippen molar-refractivity contribution < 1.29 is 0 Å². The van der Waals surface area contributed by atoms with E-state index >= 15 is 0 Å². The van der Waals surface area contributed by atoms with Gasteiger partial charge in [-0.25, -0.2) is 4.98 Å². The molecule has 2 heterocycles. The highest BCUT2D eigenvalue weighted by molar-refractivity contribution is 9.10. The highest BCUT2D eigenvalue weighted by Crippen LogP contribution is 2.19. The number of nitrogens with zero attached hydrogens (tertiary/aromatic N) is 2. The maximum Gasteiger partial charge on any atom is 0.109 e. The highest BCUT2D eigenvalue weighted by Gasteiger charge is 2.08. The number of rotatable bonds is 4. The molecule has 0 fully saturated rings. The molecular weight excluding hydrogens is 298 g/mol. The molecule has 0 aliphatic heterocycles. The summed E-state index contributed by atoms with van der Waals surface area (Å²) in [6.45, 7) is 5.00. The molecule has 0 radical (unpaired) electrons. The van der Waals surface area contributed by atoms with Crippen molar-refractivity contribution in [1.82, 2.24) is 15.3 Å². The second-order valence-electron chi connectivity index (χ2n) is 3.92. The average molecular weight is 312 g/mol. The fourth-order valence-electron chi connectivity index (χ4n) is 1.48. The highest BCUT2D eigenvalue weighted by atomic mass is 79.9. The van der Waals surface area contributed by atoms with Crippen molar-refractivity contribution in [2.75, 3.05) is 0 Å². The molecule has 2 aromatic heterocycles. The van der Waals surface area contributed by atoms with Gasteiger partial charge in [-0.15, -0.1) is 11.3 Å². The van der Waals surface area contributed by atoms with Gasteiger partial charge < -0.3 is 5.32 Å². The van der Waals surface area contributed by atoms with Crippen molar-refractivity contribution in [3.8, 4) is 0 Å². The summed E-state index contributed by atoms with van der Waals surface area (Å²) < 4.78 is 1.01. The van der Waals surface area contributed by atoms with Crippen molar-refractivity contribution in [2.45, 2.75) is 26.4 Å². The van der Waals surface area contributed by atoms with Gasteiger partial charge in [0.2, 0.25) is 0 Å². The van der Waals surface area contributed by atoms with Gasteiger partial charge in [0.15, 0.2) is 0 Å². The third-order valence-corrected chi connectivity index (χ3v) is 3.91. The van der Waals surface area contributed by atoms with Gasteiger partial charge in [0.25, 0.3) is 0 Å². The van der Waals surface area contributed by atoms with E-state index < -0.39 is 0 Å². The molecule has 0 amide bonds. The number of aromatic nitrogens is 2. The Kier molecular flexibility index (Phi) is 4.25. The molecule has 17 heavy (non-hydrogen) atoms. The Labute approximate surface area is 113 Å². The zero-order valence-electron chi connectivity index (χ0n) is 9.77. The number of pyridine rings is 1. The van der Waals surface area contributed by atoms with Crippen LogP contribution in [0, 0.1) is 6.92 Å². The lowest BCUT2D eigenvalue weighted by Crippen LogP contribution is -2.17. The summed E-state index contributed by atoms with van der Waals surface area (Å²) in [7, 11) is 0. The second-order valence-corrected chi connectivity index (χ2v) is 6.11. The first-order chi connectivity index (χ1) is 8.15. The lowest BCUT2D eigenvalue weighted by Gasteiger charge is -2.10. The summed E-state index contributed by atoms with van der Waals surface area (Å²) in [4.78, 5) is 9.76. The fourth-order valence-corrected chi connectivity index (χ4v) is 2.70. The van der Waals surface area contributed by atoms with Gasteiger partial charge in [0.05, 0.1) is 6.04 Å². The first-order valence-corrected chi connectivity index (χ1v) is 7.01. The first kappa shape index (κ1) is 12.7.